The highest BCUT2D eigenvalue weighted by Gasteiger charge is 2.26. The molecule has 2 aromatic rings. The van der Waals surface area contributed by atoms with E-state index >= 15 is 0 Å². The third kappa shape index (κ3) is 4.62. The molecule has 1 fully saturated rings. The summed E-state index contributed by atoms with van der Waals surface area (Å²) in [6.45, 7) is 3.23. The van der Waals surface area contributed by atoms with Gasteiger partial charge >= 0.3 is 0 Å². The van der Waals surface area contributed by atoms with Crippen LogP contribution < -0.4 is 5.32 Å². The summed E-state index contributed by atoms with van der Waals surface area (Å²) < 4.78 is 32.2. The highest BCUT2D eigenvalue weighted by atomic mass is 35.5. The number of nitrogens with zero attached hydrogens (tertiary/aromatic N) is 3. The minimum absolute atomic E-state index is 0. The second kappa shape index (κ2) is 8.94. The predicted octanol–water partition coefficient (Wildman–Crippen LogP) is 2.48. The number of piperidine rings is 1. The van der Waals surface area contributed by atoms with Gasteiger partial charge in [-0.3, -0.25) is 0 Å². The van der Waals surface area contributed by atoms with Gasteiger partial charge in [0.1, 0.15) is 0 Å². The van der Waals surface area contributed by atoms with Crippen molar-refractivity contribution >= 4 is 22.4 Å². The lowest BCUT2D eigenvalue weighted by Gasteiger charge is -2.25. The van der Waals surface area contributed by atoms with Crippen LogP contribution in [0.5, 0.6) is 0 Å². The molecule has 0 aliphatic carbocycles. The maximum absolute atomic E-state index is 12.7. The number of rotatable bonds is 6. The molecule has 0 amide bonds. The van der Waals surface area contributed by atoms with Gasteiger partial charge in [0.25, 0.3) is 5.89 Å². The second-order valence-corrected chi connectivity index (χ2v) is 8.34. The fraction of sp³-hybridized carbons (Fsp3) is 0.529. The topological polar surface area (TPSA) is 88.3 Å². The number of sulfonamides is 1. The third-order valence-corrected chi connectivity index (χ3v) is 6.42. The van der Waals surface area contributed by atoms with Crippen LogP contribution in [-0.4, -0.2) is 49.0 Å². The molecule has 0 saturated carbocycles. The Bertz CT molecular complexity index is 802. The minimum atomic E-state index is -3.42. The summed E-state index contributed by atoms with van der Waals surface area (Å²) in [5.41, 5.74) is 0.716. The van der Waals surface area contributed by atoms with Crippen molar-refractivity contribution in [3.8, 4) is 11.5 Å². The standard InChI is InChI=1S/C17H24N4O3S.ClH/c1-13(18-2)12-16-19-17(24-20-16)14-6-8-15(9-7-14)25(22,23)21-10-4-3-5-11-21;/h6-9,13,18H,3-5,10-12H2,1-2H3;1H. The largest absolute Gasteiger partial charge is 0.334 e. The average molecular weight is 401 g/mol. The zero-order valence-electron chi connectivity index (χ0n) is 15.0. The van der Waals surface area contributed by atoms with E-state index in [4.69, 9.17) is 4.52 Å². The van der Waals surface area contributed by atoms with Crippen LogP contribution in [0.4, 0.5) is 0 Å². The molecule has 9 heteroatoms. The molecule has 1 aromatic carbocycles. The van der Waals surface area contributed by atoms with Gasteiger partial charge in [-0.2, -0.15) is 9.29 Å². The van der Waals surface area contributed by atoms with Gasteiger partial charge in [0.2, 0.25) is 10.0 Å². The number of likely N-dealkylation sites (N-methyl/N-ethyl adjacent to an activating group) is 1. The van der Waals surface area contributed by atoms with Crippen molar-refractivity contribution < 1.29 is 12.9 Å². The smallest absolute Gasteiger partial charge is 0.257 e. The molecule has 1 atom stereocenters. The minimum Gasteiger partial charge on any atom is -0.334 e. The van der Waals surface area contributed by atoms with Crippen molar-refractivity contribution in [3.63, 3.8) is 0 Å². The van der Waals surface area contributed by atoms with E-state index in [0.29, 0.717) is 41.7 Å². The van der Waals surface area contributed by atoms with Crippen LogP contribution in [0.3, 0.4) is 0 Å². The third-order valence-electron chi connectivity index (χ3n) is 4.50. The summed E-state index contributed by atoms with van der Waals surface area (Å²) in [6.07, 6.45) is 3.61. The number of halogens is 1. The lowest BCUT2D eigenvalue weighted by molar-refractivity contribution is 0.346. The quantitative estimate of drug-likeness (QED) is 0.801. The molecule has 0 bridgehead atoms. The molecule has 1 aromatic heterocycles. The van der Waals surface area contributed by atoms with Gasteiger partial charge < -0.3 is 9.84 Å². The Morgan fingerprint density at radius 3 is 2.46 bits per heavy atom. The summed E-state index contributed by atoms with van der Waals surface area (Å²) in [5.74, 6) is 1.03. The molecule has 1 N–H and O–H groups in total. The fourth-order valence-electron chi connectivity index (χ4n) is 2.85. The molecule has 2 heterocycles. The maximum Gasteiger partial charge on any atom is 0.257 e. The summed E-state index contributed by atoms with van der Waals surface area (Å²) in [7, 11) is -1.53. The van der Waals surface area contributed by atoms with Crippen LogP contribution in [0.1, 0.15) is 32.0 Å². The van der Waals surface area contributed by atoms with E-state index in [1.165, 1.54) is 0 Å². The van der Waals surface area contributed by atoms with E-state index in [9.17, 15) is 8.42 Å². The van der Waals surface area contributed by atoms with Crippen molar-refractivity contribution in [1.82, 2.24) is 19.8 Å². The number of benzene rings is 1. The Balaban J connectivity index is 0.00000243. The molecular weight excluding hydrogens is 376 g/mol. The van der Waals surface area contributed by atoms with Gasteiger partial charge in [-0.05, 0) is 51.1 Å². The maximum atomic E-state index is 12.7. The Hall–Kier alpha value is -1.48. The van der Waals surface area contributed by atoms with Crippen LogP contribution >= 0.6 is 12.4 Å². The highest BCUT2D eigenvalue weighted by molar-refractivity contribution is 7.89. The van der Waals surface area contributed by atoms with E-state index < -0.39 is 10.0 Å². The summed E-state index contributed by atoms with van der Waals surface area (Å²) in [5, 5.41) is 7.10. The Kier molecular flexibility index (Phi) is 7.16. The first-order chi connectivity index (χ1) is 12.0. The van der Waals surface area contributed by atoms with Crippen LogP contribution in [0.25, 0.3) is 11.5 Å². The van der Waals surface area contributed by atoms with Crippen LogP contribution in [0.15, 0.2) is 33.7 Å². The van der Waals surface area contributed by atoms with E-state index in [0.717, 1.165) is 19.3 Å². The fourth-order valence-corrected chi connectivity index (χ4v) is 4.37. The van der Waals surface area contributed by atoms with E-state index in [2.05, 4.69) is 15.5 Å². The zero-order chi connectivity index (χ0) is 17.9. The monoisotopic (exact) mass is 400 g/mol. The van der Waals surface area contributed by atoms with Crippen LogP contribution in [-0.2, 0) is 16.4 Å². The lowest BCUT2D eigenvalue weighted by Crippen LogP contribution is -2.35. The molecule has 3 rings (SSSR count). The summed E-state index contributed by atoms with van der Waals surface area (Å²) in [6, 6.07) is 6.91. The van der Waals surface area contributed by atoms with Crippen molar-refractivity contribution in [2.24, 2.45) is 0 Å². The van der Waals surface area contributed by atoms with E-state index in [1.807, 2.05) is 14.0 Å². The highest BCUT2D eigenvalue weighted by Crippen LogP contribution is 2.24. The Morgan fingerprint density at radius 2 is 1.85 bits per heavy atom. The molecule has 144 valence electrons. The Morgan fingerprint density at radius 1 is 1.19 bits per heavy atom. The van der Waals surface area contributed by atoms with Gasteiger partial charge in [0.05, 0.1) is 4.90 Å². The molecule has 1 unspecified atom stereocenters. The number of aromatic nitrogens is 2. The second-order valence-electron chi connectivity index (χ2n) is 6.40. The van der Waals surface area contributed by atoms with Gasteiger partial charge in [0.15, 0.2) is 5.82 Å². The molecular formula is C17H25ClN4O3S. The molecule has 7 nitrogen and oxygen atoms in total. The Labute approximate surface area is 160 Å². The van der Waals surface area contributed by atoms with E-state index in [1.54, 1.807) is 28.6 Å². The van der Waals surface area contributed by atoms with Crippen molar-refractivity contribution in [3.05, 3.63) is 30.1 Å². The molecule has 1 aliphatic heterocycles. The molecule has 1 aliphatic rings. The van der Waals surface area contributed by atoms with Crippen molar-refractivity contribution in [2.75, 3.05) is 20.1 Å². The lowest BCUT2D eigenvalue weighted by atomic mass is 10.2. The number of hydrogen-bond donors (Lipinski definition) is 1. The van der Waals surface area contributed by atoms with Gasteiger partial charge in [-0.1, -0.05) is 11.6 Å². The first-order valence-corrected chi connectivity index (χ1v) is 10.0. The molecule has 0 spiro atoms. The molecule has 0 radical (unpaired) electrons. The summed E-state index contributed by atoms with van der Waals surface area (Å²) in [4.78, 5) is 4.68. The van der Waals surface area contributed by atoms with Gasteiger partial charge in [0, 0.05) is 31.1 Å². The van der Waals surface area contributed by atoms with Crippen LogP contribution in [0, 0.1) is 0 Å². The van der Waals surface area contributed by atoms with E-state index in [-0.39, 0.29) is 18.4 Å². The SMILES string of the molecule is CNC(C)Cc1noc(-c2ccc(S(=O)(=O)N3CCCCC3)cc2)n1.Cl. The average Bonchev–Trinajstić information content (AvgIpc) is 3.11. The van der Waals surface area contributed by atoms with Gasteiger partial charge in [-0.25, -0.2) is 8.42 Å². The first kappa shape index (κ1) is 20.8. The molecule has 1 saturated heterocycles. The van der Waals surface area contributed by atoms with Crippen LogP contribution in [0.2, 0.25) is 0 Å². The summed E-state index contributed by atoms with van der Waals surface area (Å²) >= 11 is 0. The van der Waals surface area contributed by atoms with Crippen molar-refractivity contribution in [2.45, 2.75) is 43.5 Å². The normalized spacial score (nSPS) is 16.8. The number of nitrogens with one attached hydrogen (secondary N) is 1. The number of hydrogen-bond acceptors (Lipinski definition) is 6. The first-order valence-electron chi connectivity index (χ1n) is 8.61. The zero-order valence-corrected chi connectivity index (χ0v) is 16.6. The van der Waals surface area contributed by atoms with Crippen molar-refractivity contribution in [1.29, 1.82) is 0 Å². The predicted molar refractivity (Wildman–Crippen MR) is 102 cm³/mol. The molecule has 26 heavy (non-hydrogen) atoms. The van der Waals surface area contributed by atoms with Gasteiger partial charge in [-0.15, -0.1) is 12.4 Å².